The Morgan fingerprint density at radius 1 is 1.39 bits per heavy atom. The summed E-state index contributed by atoms with van der Waals surface area (Å²) in [5.74, 6) is -3.94. The van der Waals surface area contributed by atoms with Crippen LogP contribution in [0.15, 0.2) is 18.2 Å². The summed E-state index contributed by atoms with van der Waals surface area (Å²) >= 11 is 3.24. The highest BCUT2D eigenvalue weighted by atomic mass is 127. The fraction of sp³-hybridized carbons (Fsp3) is 0.467. The Morgan fingerprint density at radius 3 is 2.71 bits per heavy atom. The van der Waals surface area contributed by atoms with Crippen molar-refractivity contribution >= 4 is 56.4 Å². The van der Waals surface area contributed by atoms with Gasteiger partial charge < -0.3 is 18.8 Å². The Labute approximate surface area is 175 Å². The molecule has 2 bridgehead atoms. The summed E-state index contributed by atoms with van der Waals surface area (Å²) in [7, 11) is -6.19. The number of fused-ring (bicyclic) bond motifs is 4. The lowest BCUT2D eigenvalue weighted by molar-refractivity contribution is -0.185. The van der Waals surface area contributed by atoms with E-state index in [0.29, 0.717) is 9.32 Å². The van der Waals surface area contributed by atoms with Crippen molar-refractivity contribution in [2.45, 2.75) is 40.5 Å². The summed E-state index contributed by atoms with van der Waals surface area (Å²) in [6.45, 7) is 0. The Hall–Kier alpha value is -1.19. The summed E-state index contributed by atoms with van der Waals surface area (Å²) < 4.78 is 75.2. The molecule has 2 saturated heterocycles. The Kier molecular flexibility index (Phi) is 4.60. The molecule has 152 valence electrons. The van der Waals surface area contributed by atoms with Crippen LogP contribution < -0.4 is 4.74 Å². The molecule has 3 heterocycles. The van der Waals surface area contributed by atoms with Crippen molar-refractivity contribution in [2.75, 3.05) is 0 Å². The maximum Gasteiger partial charge on any atom is 0.428 e. The minimum Gasteiger partial charge on any atom is -0.743 e. The van der Waals surface area contributed by atoms with Gasteiger partial charge in [0.25, 0.3) is 5.79 Å². The molecular weight excluding hydrogens is 537 g/mol. The van der Waals surface area contributed by atoms with E-state index >= 15 is 0 Å². The average molecular weight is 547 g/mol. The molecule has 0 radical (unpaired) electrons. The van der Waals surface area contributed by atoms with Gasteiger partial charge >= 0.3 is 17.2 Å². The number of hydrogen-bond donors (Lipinski definition) is 0. The monoisotopic (exact) mass is 547 g/mol. The highest BCUT2D eigenvalue weighted by Gasteiger charge is 2.64. The minimum absolute atomic E-state index is 0.00207. The molecule has 28 heavy (non-hydrogen) atoms. The smallest absolute Gasteiger partial charge is 0.428 e. The van der Waals surface area contributed by atoms with Crippen molar-refractivity contribution in [1.29, 1.82) is 0 Å². The lowest BCUT2D eigenvalue weighted by Gasteiger charge is -2.41. The summed E-state index contributed by atoms with van der Waals surface area (Å²) in [5.41, 5.74) is 0.272. The van der Waals surface area contributed by atoms with E-state index in [1.54, 1.807) is 18.2 Å². The van der Waals surface area contributed by atoms with Gasteiger partial charge in [-0.3, -0.25) is 0 Å². The van der Waals surface area contributed by atoms with Crippen molar-refractivity contribution in [3.63, 3.8) is 0 Å². The maximum atomic E-state index is 13.4. The molecule has 13 heteroatoms. The summed E-state index contributed by atoms with van der Waals surface area (Å²) in [5, 5.41) is -6.24. The van der Waals surface area contributed by atoms with Gasteiger partial charge in [0.05, 0.1) is 8.82 Å². The van der Waals surface area contributed by atoms with Gasteiger partial charge in [-0.05, 0) is 34.7 Å². The maximum absolute atomic E-state index is 13.4. The zero-order chi connectivity index (χ0) is 20.5. The minimum atomic E-state index is -6.19. The first-order valence-corrected chi connectivity index (χ1v) is 11.3. The number of rotatable bonds is 3. The van der Waals surface area contributed by atoms with Gasteiger partial charge in [0.2, 0.25) is 0 Å². The molecule has 1 aromatic carbocycles. The number of hydrogen-bond acceptors (Lipinski definition) is 9. The molecule has 0 aromatic heterocycles. The predicted molar refractivity (Wildman–Crippen MR) is 96.9 cm³/mol. The Bertz CT molecular complexity index is 984. The first-order chi connectivity index (χ1) is 12.9. The number of halogens is 3. The van der Waals surface area contributed by atoms with Gasteiger partial charge in [0, 0.05) is 18.1 Å². The number of carbonyl (C=O) groups excluding carboxylic acids is 2. The number of esters is 2. The van der Waals surface area contributed by atoms with Crippen LogP contribution in [0.1, 0.15) is 23.2 Å². The van der Waals surface area contributed by atoms with Crippen molar-refractivity contribution in [3.8, 4) is 5.75 Å². The van der Waals surface area contributed by atoms with E-state index in [1.165, 1.54) is 11.8 Å². The third-order valence-electron chi connectivity index (χ3n) is 4.71. The van der Waals surface area contributed by atoms with E-state index in [-0.39, 0.29) is 18.4 Å². The van der Waals surface area contributed by atoms with E-state index in [4.69, 9.17) is 9.47 Å². The molecule has 1 spiro atoms. The van der Waals surface area contributed by atoms with Gasteiger partial charge in [0.1, 0.15) is 11.7 Å². The van der Waals surface area contributed by atoms with Gasteiger partial charge in [0.15, 0.2) is 15.9 Å². The van der Waals surface area contributed by atoms with Gasteiger partial charge in [-0.1, -0.05) is 6.07 Å². The Balaban J connectivity index is 1.52. The Morgan fingerprint density at radius 2 is 2.11 bits per heavy atom. The number of thioether (sulfide) groups is 1. The van der Waals surface area contributed by atoms with Gasteiger partial charge in [-0.25, -0.2) is 18.0 Å². The van der Waals surface area contributed by atoms with E-state index < -0.39 is 49.7 Å². The number of carbonyl (C=O) groups is 2. The number of benzene rings is 1. The lowest BCUT2D eigenvalue weighted by atomic mass is 9.90. The molecule has 3 aliphatic heterocycles. The fourth-order valence-corrected chi connectivity index (χ4v) is 6.07. The van der Waals surface area contributed by atoms with E-state index in [9.17, 15) is 31.3 Å². The lowest BCUT2D eigenvalue weighted by Crippen LogP contribution is -2.54. The zero-order valence-electron chi connectivity index (χ0n) is 13.6. The molecule has 3 aliphatic rings. The zero-order valence-corrected chi connectivity index (χ0v) is 17.4. The largest absolute Gasteiger partial charge is 0.743 e. The second-order valence-electron chi connectivity index (χ2n) is 6.44. The molecular formula is C15H10F2IO8S2-. The second-order valence-corrected chi connectivity index (χ2v) is 10.5. The predicted octanol–water partition coefficient (Wildman–Crippen LogP) is 1.86. The van der Waals surface area contributed by atoms with Crippen LogP contribution in [0, 0.1) is 3.57 Å². The molecule has 2 fully saturated rings. The van der Waals surface area contributed by atoms with Crippen LogP contribution in [0.5, 0.6) is 5.75 Å². The topological polar surface area (TPSA) is 119 Å². The molecule has 4 unspecified atom stereocenters. The third kappa shape index (κ3) is 2.97. The van der Waals surface area contributed by atoms with Crippen LogP contribution in [-0.2, 0) is 24.4 Å². The quantitative estimate of drug-likeness (QED) is 0.318. The second kappa shape index (κ2) is 6.40. The van der Waals surface area contributed by atoms with Crippen molar-refractivity contribution < 1.29 is 45.6 Å². The first-order valence-electron chi connectivity index (χ1n) is 7.85. The molecule has 1 aromatic rings. The van der Waals surface area contributed by atoms with Crippen LogP contribution in [0.4, 0.5) is 8.78 Å². The van der Waals surface area contributed by atoms with Gasteiger partial charge in [-0.2, -0.15) is 8.78 Å². The molecule has 8 nitrogen and oxygen atoms in total. The normalized spacial score (nSPS) is 31.3. The van der Waals surface area contributed by atoms with E-state index in [2.05, 4.69) is 4.74 Å². The van der Waals surface area contributed by atoms with Crippen LogP contribution in [0.25, 0.3) is 0 Å². The number of ether oxygens (including phenoxy) is 3. The van der Waals surface area contributed by atoms with Crippen LogP contribution in [-0.4, -0.2) is 52.6 Å². The van der Waals surface area contributed by atoms with Gasteiger partial charge in [-0.15, -0.1) is 11.8 Å². The SMILES string of the molecule is O=C1OC2(CC3SC2CC3OC(=O)C(F)(F)S(=O)(=O)[O-])Oc2c(I)cccc21. The van der Waals surface area contributed by atoms with Crippen LogP contribution in [0.3, 0.4) is 0 Å². The van der Waals surface area contributed by atoms with Crippen molar-refractivity contribution in [1.82, 2.24) is 0 Å². The summed E-state index contributed by atoms with van der Waals surface area (Å²) in [6.07, 6.45) is -0.993. The van der Waals surface area contributed by atoms with Crippen molar-refractivity contribution in [2.24, 2.45) is 0 Å². The standard InChI is InChI=1S/C15H11F2IO8S2/c16-15(17,28(21,22)23)13(20)24-8-4-10-14(5-9(8)27-10)25-11-6(12(19)26-14)2-1-3-7(11)18/h1-3,8-10H,4-5H2,(H,21,22,23)/p-1. The fourth-order valence-electron chi connectivity index (χ4n) is 3.42. The molecule has 0 amide bonds. The summed E-state index contributed by atoms with van der Waals surface area (Å²) in [4.78, 5) is 23.9. The molecule has 0 N–H and O–H groups in total. The van der Waals surface area contributed by atoms with E-state index in [1.807, 2.05) is 22.6 Å². The van der Waals surface area contributed by atoms with Crippen molar-refractivity contribution in [3.05, 3.63) is 27.3 Å². The highest BCUT2D eigenvalue weighted by molar-refractivity contribution is 14.1. The number of alkyl halides is 2. The first kappa shape index (κ1) is 20.1. The van der Waals surface area contributed by atoms with Crippen LogP contribution >= 0.6 is 34.4 Å². The molecule has 0 aliphatic carbocycles. The highest BCUT2D eigenvalue weighted by Crippen LogP contribution is 2.57. The molecule has 0 saturated carbocycles. The third-order valence-corrected chi connectivity index (χ3v) is 8.06. The molecule has 4 atom stereocenters. The number of para-hydroxylation sites is 1. The van der Waals surface area contributed by atoms with E-state index in [0.717, 1.165) is 0 Å². The average Bonchev–Trinajstić information content (AvgIpc) is 3.12. The molecule has 4 rings (SSSR count). The summed E-state index contributed by atoms with van der Waals surface area (Å²) in [6, 6.07) is 4.99. The van der Waals surface area contributed by atoms with Crippen LogP contribution in [0.2, 0.25) is 0 Å².